The second kappa shape index (κ2) is 7.48. The van der Waals surface area contributed by atoms with Crippen LogP contribution in [0, 0.1) is 29.1 Å². The fourth-order valence-corrected chi connectivity index (χ4v) is 5.77. The molecule has 0 saturated heterocycles. The van der Waals surface area contributed by atoms with Crippen molar-refractivity contribution in [1.29, 1.82) is 0 Å². The first kappa shape index (κ1) is 19.9. The fraction of sp³-hybridized carbons (Fsp3) is 0.955. The molecule has 0 heterocycles. The van der Waals surface area contributed by atoms with Crippen LogP contribution in [0.15, 0.2) is 0 Å². The van der Waals surface area contributed by atoms with E-state index in [4.69, 9.17) is 0 Å². The molecular weight excluding hydrogens is 294 g/mol. The zero-order chi connectivity index (χ0) is 18.1. The molecule has 2 aliphatic rings. The van der Waals surface area contributed by atoms with E-state index < -0.39 is 0 Å². The largest absolute Gasteiger partial charge is 0.303 e. The second-order valence-corrected chi connectivity index (χ2v) is 10.3. The van der Waals surface area contributed by atoms with E-state index >= 15 is 0 Å². The summed E-state index contributed by atoms with van der Waals surface area (Å²) in [5.41, 5.74) is 0.610. The third kappa shape index (κ3) is 4.42. The number of Topliss-reactive ketones (excluding diaryl/α,β-unsaturated/α-hetero) is 1. The highest BCUT2D eigenvalue weighted by molar-refractivity contribution is 5.85. The Bertz CT molecular complexity index is 414. The number of hydrogen-bond acceptors (Lipinski definition) is 2. The molecule has 0 aliphatic heterocycles. The van der Waals surface area contributed by atoms with Crippen molar-refractivity contribution < 1.29 is 4.79 Å². The summed E-state index contributed by atoms with van der Waals surface area (Å²) < 4.78 is 0. The number of ketones is 1. The molecule has 0 amide bonds. The molecule has 0 bridgehead atoms. The summed E-state index contributed by atoms with van der Waals surface area (Å²) in [5, 5.41) is 3.63. The van der Waals surface area contributed by atoms with Crippen LogP contribution in [0.2, 0.25) is 0 Å². The molecule has 3 atom stereocenters. The summed E-state index contributed by atoms with van der Waals surface area (Å²) in [4.78, 5) is 12.7. The van der Waals surface area contributed by atoms with Crippen molar-refractivity contribution in [2.24, 2.45) is 29.1 Å². The summed E-state index contributed by atoms with van der Waals surface area (Å²) in [6.45, 7) is 15.6. The zero-order valence-electron chi connectivity index (χ0n) is 17.2. The molecule has 0 aromatic heterocycles. The molecule has 0 aromatic carbocycles. The van der Waals surface area contributed by atoms with Gasteiger partial charge < -0.3 is 5.32 Å². The molecule has 2 aliphatic carbocycles. The Kier molecular flexibility index (Phi) is 6.21. The first-order chi connectivity index (χ1) is 11.0. The van der Waals surface area contributed by atoms with E-state index in [1.165, 1.54) is 38.5 Å². The molecule has 0 aromatic rings. The van der Waals surface area contributed by atoms with Gasteiger partial charge in [-0.1, -0.05) is 40.5 Å². The van der Waals surface area contributed by atoms with Gasteiger partial charge in [-0.05, 0) is 76.0 Å². The molecule has 2 nitrogen and oxygen atoms in total. The van der Waals surface area contributed by atoms with Crippen molar-refractivity contribution in [2.45, 2.75) is 105 Å². The van der Waals surface area contributed by atoms with Crippen LogP contribution in [0.25, 0.3) is 0 Å². The number of hydrogen-bond donors (Lipinski definition) is 1. The Morgan fingerprint density at radius 2 is 1.58 bits per heavy atom. The molecule has 0 radical (unpaired) electrons. The van der Waals surface area contributed by atoms with E-state index in [1.807, 2.05) is 13.8 Å². The molecular formula is C22H41NO. The van der Waals surface area contributed by atoms with Gasteiger partial charge in [-0.25, -0.2) is 0 Å². The smallest absolute Gasteiger partial charge is 0.152 e. The van der Waals surface area contributed by atoms with Crippen LogP contribution in [-0.4, -0.2) is 17.4 Å². The van der Waals surface area contributed by atoms with E-state index in [1.54, 1.807) is 0 Å². The lowest BCUT2D eigenvalue weighted by Gasteiger charge is -2.49. The maximum absolute atomic E-state index is 12.7. The summed E-state index contributed by atoms with van der Waals surface area (Å²) in [6, 6.07) is 0.0204. The first-order valence-corrected chi connectivity index (χ1v) is 10.4. The van der Waals surface area contributed by atoms with Crippen LogP contribution in [-0.2, 0) is 4.79 Å². The van der Waals surface area contributed by atoms with Gasteiger partial charge in [0.2, 0.25) is 0 Å². The van der Waals surface area contributed by atoms with Crippen LogP contribution in [0.1, 0.15) is 93.4 Å². The van der Waals surface area contributed by atoms with Gasteiger partial charge in [0.25, 0.3) is 0 Å². The Balaban J connectivity index is 2.06. The molecule has 24 heavy (non-hydrogen) atoms. The maximum atomic E-state index is 12.7. The molecule has 3 unspecified atom stereocenters. The molecule has 1 spiro atoms. The molecule has 2 rings (SSSR count). The highest BCUT2D eigenvalue weighted by Crippen LogP contribution is 2.57. The van der Waals surface area contributed by atoms with Gasteiger partial charge in [0, 0.05) is 11.5 Å². The summed E-state index contributed by atoms with van der Waals surface area (Å²) in [5.74, 6) is 2.84. The number of carbonyl (C=O) groups is 1. The third-order valence-electron chi connectivity index (χ3n) is 6.96. The van der Waals surface area contributed by atoms with E-state index in [9.17, 15) is 4.79 Å². The van der Waals surface area contributed by atoms with Crippen LogP contribution in [0.4, 0.5) is 0 Å². The first-order valence-electron chi connectivity index (χ1n) is 10.4. The lowest BCUT2D eigenvalue weighted by molar-refractivity contribution is -0.125. The Morgan fingerprint density at radius 3 is 2.00 bits per heavy atom. The number of carbonyl (C=O) groups excluding carboxylic acids is 1. The van der Waals surface area contributed by atoms with Crippen molar-refractivity contribution in [3.05, 3.63) is 0 Å². The lowest BCUT2D eigenvalue weighted by atomic mass is 9.57. The molecule has 2 fully saturated rings. The summed E-state index contributed by atoms with van der Waals surface area (Å²) >= 11 is 0. The molecule has 140 valence electrons. The normalized spacial score (nSPS) is 31.6. The third-order valence-corrected chi connectivity index (χ3v) is 6.96. The van der Waals surface area contributed by atoms with Gasteiger partial charge in [0.05, 0.1) is 6.04 Å². The van der Waals surface area contributed by atoms with Crippen molar-refractivity contribution in [1.82, 2.24) is 5.32 Å². The van der Waals surface area contributed by atoms with Gasteiger partial charge in [-0.2, -0.15) is 0 Å². The fourth-order valence-electron chi connectivity index (χ4n) is 5.77. The standard InChI is InChI=1S/C22H41NO/c1-15(2)20(24)19(23-21(5,6)7)14-18-12-16(3)22(17(4)13-18)10-8-9-11-22/h15-19,23H,8-14H2,1-7H3. The van der Waals surface area contributed by atoms with Crippen molar-refractivity contribution in [3.63, 3.8) is 0 Å². The monoisotopic (exact) mass is 335 g/mol. The highest BCUT2D eigenvalue weighted by atomic mass is 16.1. The topological polar surface area (TPSA) is 29.1 Å². The van der Waals surface area contributed by atoms with E-state index in [2.05, 4.69) is 39.9 Å². The van der Waals surface area contributed by atoms with Crippen LogP contribution in [0.3, 0.4) is 0 Å². The number of nitrogens with one attached hydrogen (secondary N) is 1. The SMILES string of the molecule is CC(C)C(=O)C(CC1CC(C)C2(CCCC2)C(C)C1)NC(C)(C)C. The van der Waals surface area contributed by atoms with Gasteiger partial charge in [-0.15, -0.1) is 0 Å². The van der Waals surface area contributed by atoms with Crippen LogP contribution in [0.5, 0.6) is 0 Å². The Morgan fingerprint density at radius 1 is 1.08 bits per heavy atom. The molecule has 1 N–H and O–H groups in total. The molecule has 2 saturated carbocycles. The second-order valence-electron chi connectivity index (χ2n) is 10.3. The minimum absolute atomic E-state index is 0.00616. The van der Waals surface area contributed by atoms with E-state index in [0.717, 1.165) is 18.3 Å². The number of rotatable bonds is 5. The summed E-state index contributed by atoms with van der Waals surface area (Å²) in [6.07, 6.45) is 9.40. The highest BCUT2D eigenvalue weighted by Gasteiger charge is 2.47. The summed E-state index contributed by atoms with van der Waals surface area (Å²) in [7, 11) is 0. The van der Waals surface area contributed by atoms with Crippen LogP contribution >= 0.6 is 0 Å². The van der Waals surface area contributed by atoms with Gasteiger partial charge in [0.1, 0.15) is 0 Å². The van der Waals surface area contributed by atoms with Crippen molar-refractivity contribution >= 4 is 5.78 Å². The minimum atomic E-state index is -0.00616. The van der Waals surface area contributed by atoms with Crippen molar-refractivity contribution in [2.75, 3.05) is 0 Å². The average Bonchev–Trinajstić information content (AvgIpc) is 2.93. The van der Waals surface area contributed by atoms with Gasteiger partial charge in [-0.3, -0.25) is 4.79 Å². The minimum Gasteiger partial charge on any atom is -0.303 e. The van der Waals surface area contributed by atoms with E-state index in [0.29, 0.717) is 17.1 Å². The lowest BCUT2D eigenvalue weighted by Crippen LogP contribution is -2.50. The average molecular weight is 336 g/mol. The zero-order valence-corrected chi connectivity index (χ0v) is 17.2. The van der Waals surface area contributed by atoms with Crippen LogP contribution < -0.4 is 5.32 Å². The predicted octanol–water partition coefficient (Wildman–Crippen LogP) is 5.60. The van der Waals surface area contributed by atoms with Gasteiger partial charge in [0.15, 0.2) is 5.78 Å². The molecule has 2 heteroatoms. The Labute approximate surface area is 150 Å². The predicted molar refractivity (Wildman–Crippen MR) is 103 cm³/mol. The maximum Gasteiger partial charge on any atom is 0.152 e. The quantitative estimate of drug-likeness (QED) is 0.708. The van der Waals surface area contributed by atoms with Crippen molar-refractivity contribution in [3.8, 4) is 0 Å². The Hall–Kier alpha value is -0.370. The van der Waals surface area contributed by atoms with E-state index in [-0.39, 0.29) is 17.5 Å². The van der Waals surface area contributed by atoms with Gasteiger partial charge >= 0.3 is 0 Å².